The van der Waals surface area contributed by atoms with E-state index in [1.54, 1.807) is 17.8 Å². The third-order valence-corrected chi connectivity index (χ3v) is 3.63. The first-order valence-electron chi connectivity index (χ1n) is 7.79. The van der Waals surface area contributed by atoms with E-state index in [1.165, 1.54) is 0 Å². The molecule has 2 aromatic rings. The highest BCUT2D eigenvalue weighted by atomic mass is 16.6. The van der Waals surface area contributed by atoms with Crippen LogP contribution in [0.2, 0.25) is 0 Å². The maximum atomic E-state index is 12.3. The molecule has 0 fully saturated rings. The second-order valence-electron chi connectivity index (χ2n) is 7.00. The molecule has 3 rings (SSSR count). The Morgan fingerprint density at radius 1 is 1.52 bits per heavy atom. The fourth-order valence-electron chi connectivity index (χ4n) is 2.81. The molecule has 0 bridgehead atoms. The van der Waals surface area contributed by atoms with Crippen molar-refractivity contribution in [2.75, 3.05) is 0 Å². The summed E-state index contributed by atoms with van der Waals surface area (Å²) >= 11 is 0. The van der Waals surface area contributed by atoms with Gasteiger partial charge in [0.05, 0.1) is 24.4 Å². The molecule has 124 valence electrons. The number of hydrogen-bond donors (Lipinski definition) is 1. The lowest BCUT2D eigenvalue weighted by molar-refractivity contribution is -0.162. The second kappa shape index (κ2) is 5.53. The molecule has 0 amide bonds. The fourth-order valence-corrected chi connectivity index (χ4v) is 2.81. The summed E-state index contributed by atoms with van der Waals surface area (Å²) in [6, 6.07) is 3.77. The van der Waals surface area contributed by atoms with Crippen molar-refractivity contribution in [1.29, 1.82) is 0 Å². The van der Waals surface area contributed by atoms with E-state index in [4.69, 9.17) is 9.47 Å². The number of fused-ring (bicyclic) bond motifs is 3. The van der Waals surface area contributed by atoms with Crippen molar-refractivity contribution in [3.05, 3.63) is 23.9 Å². The number of aromatic nitrogens is 2. The van der Waals surface area contributed by atoms with Crippen LogP contribution in [0.5, 0.6) is 5.75 Å². The van der Waals surface area contributed by atoms with Gasteiger partial charge in [0.2, 0.25) is 0 Å². The number of aliphatic hydroxyl groups is 1. The molecule has 2 unspecified atom stereocenters. The normalized spacial score (nSPS) is 18.6. The van der Waals surface area contributed by atoms with E-state index in [1.807, 2.05) is 32.9 Å². The molecule has 23 heavy (non-hydrogen) atoms. The van der Waals surface area contributed by atoms with Crippen LogP contribution in [0.25, 0.3) is 10.9 Å². The first-order valence-corrected chi connectivity index (χ1v) is 7.79. The van der Waals surface area contributed by atoms with Crippen LogP contribution in [0, 0.1) is 0 Å². The van der Waals surface area contributed by atoms with Gasteiger partial charge in [-0.25, -0.2) is 4.79 Å². The molecule has 0 saturated heterocycles. The zero-order chi connectivity index (χ0) is 16.8. The van der Waals surface area contributed by atoms with Crippen molar-refractivity contribution in [3.8, 4) is 5.75 Å². The van der Waals surface area contributed by atoms with E-state index < -0.39 is 17.8 Å². The molecule has 1 N–H and O–H groups in total. The Bertz CT molecular complexity index is 743. The van der Waals surface area contributed by atoms with Crippen LogP contribution >= 0.6 is 0 Å². The van der Waals surface area contributed by atoms with Crippen molar-refractivity contribution in [1.82, 2.24) is 9.78 Å². The first kappa shape index (κ1) is 15.8. The first-order chi connectivity index (χ1) is 10.7. The Balaban J connectivity index is 1.91. The lowest BCUT2D eigenvalue weighted by Crippen LogP contribution is -2.34. The highest BCUT2D eigenvalue weighted by Crippen LogP contribution is 2.35. The summed E-state index contributed by atoms with van der Waals surface area (Å²) in [5.74, 6) is 0.323. The van der Waals surface area contributed by atoms with Crippen molar-refractivity contribution < 1.29 is 19.4 Å². The summed E-state index contributed by atoms with van der Waals surface area (Å²) in [5.41, 5.74) is 1.31. The van der Waals surface area contributed by atoms with Crippen LogP contribution in [-0.4, -0.2) is 38.7 Å². The van der Waals surface area contributed by atoms with Crippen molar-refractivity contribution in [3.63, 3.8) is 0 Å². The molecular weight excluding hydrogens is 296 g/mol. The van der Waals surface area contributed by atoms with Crippen molar-refractivity contribution in [2.24, 2.45) is 0 Å². The molecule has 2 heterocycles. The lowest BCUT2D eigenvalue weighted by Gasteiger charge is -2.21. The molecule has 1 aromatic heterocycles. The standard InChI is InChI=1S/C17H22N2O4/c1-10(20)9-19-15-11(8-18-19)5-6-13-12(15)7-14(22-13)16(21)23-17(2,3)4/h5-6,8,10,14,20H,7,9H2,1-4H3. The number of ether oxygens (including phenoxy) is 2. The number of carbonyl (C=O) groups is 1. The Morgan fingerprint density at radius 2 is 2.26 bits per heavy atom. The third kappa shape index (κ3) is 3.17. The van der Waals surface area contributed by atoms with Gasteiger partial charge in [0, 0.05) is 17.4 Å². The Hall–Kier alpha value is -2.08. The molecule has 0 saturated carbocycles. The van der Waals surface area contributed by atoms with Gasteiger partial charge >= 0.3 is 5.97 Å². The molecule has 6 nitrogen and oxygen atoms in total. The molecule has 1 aliphatic heterocycles. The van der Waals surface area contributed by atoms with Gasteiger partial charge in [-0.05, 0) is 39.8 Å². The van der Waals surface area contributed by atoms with E-state index in [2.05, 4.69) is 5.10 Å². The molecule has 0 spiro atoms. The number of aliphatic hydroxyl groups excluding tert-OH is 1. The molecule has 0 aliphatic carbocycles. The van der Waals surface area contributed by atoms with E-state index in [9.17, 15) is 9.90 Å². The molecule has 1 aliphatic rings. The van der Waals surface area contributed by atoms with Crippen LogP contribution < -0.4 is 4.74 Å². The van der Waals surface area contributed by atoms with Crippen LogP contribution in [0.4, 0.5) is 0 Å². The Kier molecular flexibility index (Phi) is 3.80. The predicted octanol–water partition coefficient (Wildman–Crippen LogP) is 2.06. The summed E-state index contributed by atoms with van der Waals surface area (Å²) in [6.07, 6.45) is 1.08. The Morgan fingerprint density at radius 3 is 2.91 bits per heavy atom. The molecular formula is C17H22N2O4. The summed E-state index contributed by atoms with van der Waals surface area (Å²) < 4.78 is 13.0. The number of nitrogens with zero attached hydrogens (tertiary/aromatic N) is 2. The van der Waals surface area contributed by atoms with Gasteiger partial charge in [-0.2, -0.15) is 5.10 Å². The average Bonchev–Trinajstić information content (AvgIpc) is 2.99. The zero-order valence-electron chi connectivity index (χ0n) is 13.9. The van der Waals surface area contributed by atoms with Crippen LogP contribution in [0.1, 0.15) is 33.3 Å². The Labute approximate surface area is 135 Å². The number of hydrogen-bond acceptors (Lipinski definition) is 5. The summed E-state index contributed by atoms with van der Waals surface area (Å²) in [5, 5.41) is 14.9. The molecule has 6 heteroatoms. The van der Waals surface area contributed by atoms with Crippen LogP contribution in [-0.2, 0) is 22.5 Å². The minimum absolute atomic E-state index is 0.358. The minimum atomic E-state index is -0.635. The molecule has 2 atom stereocenters. The predicted molar refractivity (Wildman–Crippen MR) is 85.4 cm³/mol. The van der Waals surface area contributed by atoms with Crippen LogP contribution in [0.15, 0.2) is 18.3 Å². The zero-order valence-corrected chi connectivity index (χ0v) is 13.9. The van der Waals surface area contributed by atoms with Crippen molar-refractivity contribution in [2.45, 2.75) is 58.5 Å². The largest absolute Gasteiger partial charge is 0.478 e. The van der Waals surface area contributed by atoms with Gasteiger partial charge < -0.3 is 14.6 Å². The maximum absolute atomic E-state index is 12.3. The number of benzene rings is 1. The quantitative estimate of drug-likeness (QED) is 0.877. The average molecular weight is 318 g/mol. The van der Waals surface area contributed by atoms with E-state index in [0.29, 0.717) is 18.7 Å². The van der Waals surface area contributed by atoms with Gasteiger partial charge in [0.1, 0.15) is 11.4 Å². The number of rotatable bonds is 3. The highest BCUT2D eigenvalue weighted by molar-refractivity contribution is 5.87. The third-order valence-electron chi connectivity index (χ3n) is 3.63. The number of esters is 1. The monoisotopic (exact) mass is 318 g/mol. The second-order valence-corrected chi connectivity index (χ2v) is 7.00. The van der Waals surface area contributed by atoms with Crippen molar-refractivity contribution >= 4 is 16.9 Å². The van der Waals surface area contributed by atoms with E-state index in [0.717, 1.165) is 16.5 Å². The molecule has 0 radical (unpaired) electrons. The smallest absolute Gasteiger partial charge is 0.348 e. The van der Waals surface area contributed by atoms with Gasteiger partial charge in [-0.1, -0.05) is 0 Å². The summed E-state index contributed by atoms with van der Waals surface area (Å²) in [4.78, 5) is 12.3. The van der Waals surface area contributed by atoms with Gasteiger partial charge in [0.25, 0.3) is 0 Å². The SMILES string of the molecule is CC(O)Cn1ncc2ccc3c(c21)CC(C(=O)OC(C)(C)C)O3. The number of carbonyl (C=O) groups excluding carboxylic acids is 1. The lowest BCUT2D eigenvalue weighted by atomic mass is 10.1. The highest BCUT2D eigenvalue weighted by Gasteiger charge is 2.34. The summed E-state index contributed by atoms with van der Waals surface area (Å²) in [6.45, 7) is 7.63. The fraction of sp³-hybridized carbons (Fsp3) is 0.529. The summed E-state index contributed by atoms with van der Waals surface area (Å²) in [7, 11) is 0. The van der Waals surface area contributed by atoms with Gasteiger partial charge in [-0.15, -0.1) is 0 Å². The van der Waals surface area contributed by atoms with Gasteiger partial charge in [0.15, 0.2) is 6.10 Å². The van der Waals surface area contributed by atoms with Crippen LogP contribution in [0.3, 0.4) is 0 Å². The van der Waals surface area contributed by atoms with Gasteiger partial charge in [-0.3, -0.25) is 4.68 Å². The topological polar surface area (TPSA) is 73.6 Å². The minimum Gasteiger partial charge on any atom is -0.478 e. The maximum Gasteiger partial charge on any atom is 0.348 e. The molecule has 1 aromatic carbocycles. The van der Waals surface area contributed by atoms with E-state index >= 15 is 0 Å². The van der Waals surface area contributed by atoms with E-state index in [-0.39, 0.29) is 5.97 Å².